The number of hydrogen-bond acceptors (Lipinski definition) is 6. The van der Waals surface area contributed by atoms with E-state index in [4.69, 9.17) is 5.26 Å². The van der Waals surface area contributed by atoms with Crippen molar-refractivity contribution in [2.45, 2.75) is 0 Å². The van der Waals surface area contributed by atoms with Gasteiger partial charge in [-0.15, -0.1) is 0 Å². The Bertz CT molecular complexity index is 647. The predicted octanol–water partition coefficient (Wildman–Crippen LogP) is 2.39. The summed E-state index contributed by atoms with van der Waals surface area (Å²) in [7, 11) is 0. The summed E-state index contributed by atoms with van der Waals surface area (Å²) >= 11 is 0. The van der Waals surface area contributed by atoms with Crippen molar-refractivity contribution >= 4 is 17.1 Å². The normalized spacial score (nSPS) is 9.67. The van der Waals surface area contributed by atoms with Crippen LogP contribution in [0.15, 0.2) is 42.6 Å². The average molecular weight is 283 g/mol. The zero-order valence-electron chi connectivity index (χ0n) is 11.1. The SMILES string of the molecule is N#Cc1ccc(NCCNc2ccc([N+](=O)[O-])cc2)cn1. The number of anilines is 2. The van der Waals surface area contributed by atoms with Crippen LogP contribution in [0.5, 0.6) is 0 Å². The summed E-state index contributed by atoms with van der Waals surface area (Å²) in [6.07, 6.45) is 1.60. The van der Waals surface area contributed by atoms with E-state index in [2.05, 4.69) is 15.6 Å². The number of benzene rings is 1. The van der Waals surface area contributed by atoms with Gasteiger partial charge in [0.15, 0.2) is 0 Å². The highest BCUT2D eigenvalue weighted by Crippen LogP contribution is 2.15. The van der Waals surface area contributed by atoms with Crippen molar-refractivity contribution in [2.24, 2.45) is 0 Å². The lowest BCUT2D eigenvalue weighted by atomic mass is 10.3. The van der Waals surface area contributed by atoms with Crippen LogP contribution in [0.3, 0.4) is 0 Å². The molecule has 0 saturated carbocycles. The van der Waals surface area contributed by atoms with Crippen molar-refractivity contribution in [1.82, 2.24) is 4.98 Å². The summed E-state index contributed by atoms with van der Waals surface area (Å²) in [4.78, 5) is 14.0. The molecule has 2 N–H and O–H groups in total. The second-order valence-electron chi connectivity index (χ2n) is 4.20. The lowest BCUT2D eigenvalue weighted by molar-refractivity contribution is -0.384. The van der Waals surface area contributed by atoms with Crippen LogP contribution in [0, 0.1) is 21.4 Å². The standard InChI is InChI=1S/C14H13N5O2/c15-9-12-1-2-13(10-18-12)17-8-7-16-11-3-5-14(6-4-11)19(20)21/h1-6,10,16-17H,7-8H2. The first kappa shape index (κ1) is 14.3. The zero-order chi connectivity index (χ0) is 15.1. The van der Waals surface area contributed by atoms with Crippen molar-refractivity contribution < 1.29 is 4.92 Å². The zero-order valence-corrected chi connectivity index (χ0v) is 11.1. The average Bonchev–Trinajstić information content (AvgIpc) is 2.52. The van der Waals surface area contributed by atoms with Gasteiger partial charge in [0.25, 0.3) is 5.69 Å². The fraction of sp³-hybridized carbons (Fsp3) is 0.143. The molecule has 0 bridgehead atoms. The Morgan fingerprint density at radius 1 is 1.10 bits per heavy atom. The van der Waals surface area contributed by atoms with Crippen molar-refractivity contribution in [1.29, 1.82) is 5.26 Å². The highest BCUT2D eigenvalue weighted by atomic mass is 16.6. The number of non-ortho nitro benzene ring substituents is 1. The molecule has 2 rings (SSSR count). The largest absolute Gasteiger partial charge is 0.383 e. The molecule has 106 valence electrons. The van der Waals surface area contributed by atoms with E-state index in [-0.39, 0.29) is 5.69 Å². The number of hydrogen-bond donors (Lipinski definition) is 2. The first-order chi connectivity index (χ1) is 10.2. The molecule has 0 fully saturated rings. The molecular weight excluding hydrogens is 270 g/mol. The van der Waals surface area contributed by atoms with Gasteiger partial charge in [-0.2, -0.15) is 5.26 Å². The lowest BCUT2D eigenvalue weighted by Gasteiger charge is -2.08. The second kappa shape index (κ2) is 6.86. The molecule has 0 saturated heterocycles. The minimum atomic E-state index is -0.427. The van der Waals surface area contributed by atoms with Gasteiger partial charge in [-0.25, -0.2) is 4.98 Å². The molecule has 0 spiro atoms. The van der Waals surface area contributed by atoms with Gasteiger partial charge in [0.05, 0.1) is 16.8 Å². The second-order valence-corrected chi connectivity index (χ2v) is 4.20. The molecule has 0 radical (unpaired) electrons. The molecule has 1 heterocycles. The van der Waals surface area contributed by atoms with E-state index in [0.717, 1.165) is 11.4 Å². The Morgan fingerprint density at radius 3 is 2.24 bits per heavy atom. The number of aromatic nitrogens is 1. The van der Waals surface area contributed by atoms with Gasteiger partial charge in [0.1, 0.15) is 11.8 Å². The smallest absolute Gasteiger partial charge is 0.269 e. The number of nitrogens with one attached hydrogen (secondary N) is 2. The summed E-state index contributed by atoms with van der Waals surface area (Å²) in [5.74, 6) is 0. The fourth-order valence-electron chi connectivity index (χ4n) is 1.68. The van der Waals surface area contributed by atoms with Crippen molar-refractivity contribution in [3.8, 4) is 6.07 Å². The van der Waals surface area contributed by atoms with Gasteiger partial charge in [0, 0.05) is 30.9 Å². The van der Waals surface area contributed by atoms with E-state index >= 15 is 0 Å². The van der Waals surface area contributed by atoms with Crippen LogP contribution in [0.25, 0.3) is 0 Å². The first-order valence-corrected chi connectivity index (χ1v) is 6.27. The molecule has 0 amide bonds. The molecule has 0 unspecified atom stereocenters. The van der Waals surface area contributed by atoms with Gasteiger partial charge in [-0.05, 0) is 24.3 Å². The van der Waals surface area contributed by atoms with Crippen LogP contribution in [0.2, 0.25) is 0 Å². The van der Waals surface area contributed by atoms with Crippen LogP contribution < -0.4 is 10.6 Å². The highest BCUT2D eigenvalue weighted by Gasteiger charge is 2.03. The monoisotopic (exact) mass is 283 g/mol. The summed E-state index contributed by atoms with van der Waals surface area (Å²) in [6, 6.07) is 11.6. The molecule has 7 nitrogen and oxygen atoms in total. The topological polar surface area (TPSA) is 104 Å². The molecule has 1 aromatic carbocycles. The predicted molar refractivity (Wildman–Crippen MR) is 79.0 cm³/mol. The maximum atomic E-state index is 10.5. The summed E-state index contributed by atoms with van der Waals surface area (Å²) in [5, 5.41) is 25.5. The highest BCUT2D eigenvalue weighted by molar-refractivity contribution is 5.49. The van der Waals surface area contributed by atoms with Gasteiger partial charge >= 0.3 is 0 Å². The summed E-state index contributed by atoms with van der Waals surface area (Å²) in [6.45, 7) is 1.31. The minimum absolute atomic E-state index is 0.0716. The Hall–Kier alpha value is -3.14. The molecule has 0 atom stereocenters. The minimum Gasteiger partial charge on any atom is -0.383 e. The van der Waals surface area contributed by atoms with E-state index in [1.807, 2.05) is 6.07 Å². The molecule has 0 aliphatic heterocycles. The third-order valence-electron chi connectivity index (χ3n) is 2.74. The van der Waals surface area contributed by atoms with Crippen molar-refractivity contribution in [3.05, 3.63) is 58.4 Å². The van der Waals surface area contributed by atoms with Crippen molar-refractivity contribution in [3.63, 3.8) is 0 Å². The lowest BCUT2D eigenvalue weighted by Crippen LogP contribution is -2.13. The number of pyridine rings is 1. The van der Waals surface area contributed by atoms with E-state index in [1.54, 1.807) is 30.5 Å². The van der Waals surface area contributed by atoms with Crippen LogP contribution in [-0.2, 0) is 0 Å². The molecule has 2 aromatic rings. The van der Waals surface area contributed by atoms with Gasteiger partial charge in [0.2, 0.25) is 0 Å². The van der Waals surface area contributed by atoms with E-state index in [1.165, 1.54) is 12.1 Å². The number of nitro groups is 1. The third kappa shape index (κ3) is 4.18. The quantitative estimate of drug-likeness (QED) is 0.479. The van der Waals surface area contributed by atoms with Gasteiger partial charge < -0.3 is 10.6 Å². The molecular formula is C14H13N5O2. The molecule has 21 heavy (non-hydrogen) atoms. The van der Waals surface area contributed by atoms with Gasteiger partial charge in [-0.3, -0.25) is 10.1 Å². The molecule has 1 aromatic heterocycles. The maximum Gasteiger partial charge on any atom is 0.269 e. The van der Waals surface area contributed by atoms with Crippen LogP contribution in [-0.4, -0.2) is 23.0 Å². The number of nitriles is 1. The fourth-order valence-corrected chi connectivity index (χ4v) is 1.68. The number of nitro benzene ring substituents is 1. The van der Waals surface area contributed by atoms with Crippen LogP contribution in [0.4, 0.5) is 17.1 Å². The molecule has 7 heteroatoms. The Morgan fingerprint density at radius 2 is 1.71 bits per heavy atom. The summed E-state index contributed by atoms with van der Waals surface area (Å²) in [5.41, 5.74) is 2.10. The number of rotatable bonds is 6. The third-order valence-corrected chi connectivity index (χ3v) is 2.74. The molecule has 0 aliphatic rings. The molecule has 0 aliphatic carbocycles. The summed E-state index contributed by atoms with van der Waals surface area (Å²) < 4.78 is 0. The van der Waals surface area contributed by atoms with Gasteiger partial charge in [-0.1, -0.05) is 0 Å². The van der Waals surface area contributed by atoms with Crippen LogP contribution >= 0.6 is 0 Å². The van der Waals surface area contributed by atoms with E-state index in [9.17, 15) is 10.1 Å². The maximum absolute atomic E-state index is 10.5. The van der Waals surface area contributed by atoms with Crippen molar-refractivity contribution in [2.75, 3.05) is 23.7 Å². The Labute approximate surface area is 121 Å². The van der Waals surface area contributed by atoms with E-state index in [0.29, 0.717) is 18.8 Å². The Kier molecular flexibility index (Phi) is 4.66. The van der Waals surface area contributed by atoms with E-state index < -0.39 is 4.92 Å². The first-order valence-electron chi connectivity index (χ1n) is 6.27. The Balaban J connectivity index is 1.76. The number of nitrogens with zero attached hydrogens (tertiary/aromatic N) is 3. The van der Waals surface area contributed by atoms with Crippen LogP contribution in [0.1, 0.15) is 5.69 Å².